The zero-order valence-electron chi connectivity index (χ0n) is 11.4. The van der Waals surface area contributed by atoms with Gasteiger partial charge in [0.15, 0.2) is 6.29 Å². The van der Waals surface area contributed by atoms with Gasteiger partial charge in [-0.3, -0.25) is 0 Å². The molecule has 0 fully saturated rings. The Kier molecular flexibility index (Phi) is 14.6. The molecule has 0 saturated heterocycles. The van der Waals surface area contributed by atoms with Crippen molar-refractivity contribution in [2.45, 2.75) is 20.1 Å². The molecule has 6 nitrogen and oxygen atoms in total. The lowest BCUT2D eigenvalue weighted by Crippen LogP contribution is -2.27. The number of hydrogen-bond donors (Lipinski definition) is 1. The molecule has 1 N–H and O–H groups in total. The summed E-state index contributed by atoms with van der Waals surface area (Å²) in [5.41, 5.74) is 0. The first-order valence-corrected chi connectivity index (χ1v) is 6.42. The van der Waals surface area contributed by atoms with E-state index in [1.807, 2.05) is 13.8 Å². The second-order valence-corrected chi connectivity index (χ2v) is 3.36. The molecular weight excluding hydrogens is 240 g/mol. The van der Waals surface area contributed by atoms with Crippen LogP contribution in [0, 0.1) is 0 Å². The lowest BCUT2D eigenvalue weighted by molar-refractivity contribution is -0.184. The standard InChI is InChI=1S/C12H26O6/c1-3-14-7-9-17-12(11-16-6-5-13)18-10-8-15-4-2/h12-13H,3-11H2,1-2H3. The fourth-order valence-electron chi connectivity index (χ4n) is 1.15. The summed E-state index contributed by atoms with van der Waals surface area (Å²) in [6.07, 6.45) is -0.447. The van der Waals surface area contributed by atoms with Crippen LogP contribution in [0.15, 0.2) is 0 Å². The Labute approximate surface area is 109 Å². The van der Waals surface area contributed by atoms with Gasteiger partial charge in [-0.1, -0.05) is 0 Å². The summed E-state index contributed by atoms with van der Waals surface area (Å²) in [5.74, 6) is 0. The molecule has 0 aromatic rings. The van der Waals surface area contributed by atoms with Gasteiger partial charge in [0.05, 0.1) is 46.2 Å². The highest BCUT2D eigenvalue weighted by Crippen LogP contribution is 1.97. The van der Waals surface area contributed by atoms with Crippen LogP contribution in [0.3, 0.4) is 0 Å². The van der Waals surface area contributed by atoms with Crippen molar-refractivity contribution in [1.82, 2.24) is 0 Å². The maximum Gasteiger partial charge on any atom is 0.181 e. The molecule has 0 aromatic carbocycles. The molecule has 0 atom stereocenters. The van der Waals surface area contributed by atoms with E-state index in [1.54, 1.807) is 0 Å². The second kappa shape index (κ2) is 14.8. The normalized spacial score (nSPS) is 11.3. The minimum Gasteiger partial charge on any atom is -0.394 e. The Morgan fingerprint density at radius 2 is 1.33 bits per heavy atom. The molecule has 0 bridgehead atoms. The quantitative estimate of drug-likeness (QED) is 0.363. The monoisotopic (exact) mass is 266 g/mol. The molecule has 18 heavy (non-hydrogen) atoms. The van der Waals surface area contributed by atoms with Gasteiger partial charge in [0.2, 0.25) is 0 Å². The Bertz CT molecular complexity index is 144. The topological polar surface area (TPSA) is 66.4 Å². The maximum atomic E-state index is 8.62. The van der Waals surface area contributed by atoms with E-state index in [2.05, 4.69) is 0 Å². The first-order valence-electron chi connectivity index (χ1n) is 6.42. The first-order chi connectivity index (χ1) is 8.85. The molecular formula is C12H26O6. The van der Waals surface area contributed by atoms with Crippen LogP contribution in [-0.2, 0) is 23.7 Å². The van der Waals surface area contributed by atoms with Crippen molar-refractivity contribution >= 4 is 0 Å². The average molecular weight is 266 g/mol. The van der Waals surface area contributed by atoms with E-state index >= 15 is 0 Å². The molecule has 0 spiro atoms. The second-order valence-electron chi connectivity index (χ2n) is 3.36. The summed E-state index contributed by atoms with van der Waals surface area (Å²) in [5, 5.41) is 8.62. The summed E-state index contributed by atoms with van der Waals surface area (Å²) in [6, 6.07) is 0. The third-order valence-corrected chi connectivity index (χ3v) is 1.96. The Morgan fingerprint density at radius 1 is 0.778 bits per heavy atom. The highest BCUT2D eigenvalue weighted by molar-refractivity contribution is 4.44. The highest BCUT2D eigenvalue weighted by Gasteiger charge is 2.09. The van der Waals surface area contributed by atoms with E-state index in [1.165, 1.54) is 0 Å². The molecule has 0 aliphatic heterocycles. The van der Waals surface area contributed by atoms with Gasteiger partial charge >= 0.3 is 0 Å². The molecule has 0 rings (SSSR count). The van der Waals surface area contributed by atoms with Crippen LogP contribution in [0.25, 0.3) is 0 Å². The summed E-state index contributed by atoms with van der Waals surface area (Å²) in [4.78, 5) is 0. The van der Waals surface area contributed by atoms with Crippen molar-refractivity contribution in [3.63, 3.8) is 0 Å². The van der Waals surface area contributed by atoms with Crippen LogP contribution < -0.4 is 0 Å². The van der Waals surface area contributed by atoms with Gasteiger partial charge in [-0.2, -0.15) is 0 Å². The predicted molar refractivity (Wildman–Crippen MR) is 66.6 cm³/mol. The predicted octanol–water partition coefficient (Wildman–Crippen LogP) is 0.428. The van der Waals surface area contributed by atoms with Gasteiger partial charge < -0.3 is 28.8 Å². The smallest absolute Gasteiger partial charge is 0.181 e. The number of aliphatic hydroxyl groups is 1. The number of hydrogen-bond acceptors (Lipinski definition) is 6. The number of ether oxygens (including phenoxy) is 5. The molecule has 0 amide bonds. The zero-order chi connectivity index (χ0) is 13.5. The van der Waals surface area contributed by atoms with Crippen LogP contribution >= 0.6 is 0 Å². The molecule has 0 aliphatic rings. The molecule has 0 radical (unpaired) electrons. The summed E-state index contributed by atoms with van der Waals surface area (Å²) >= 11 is 0. The highest BCUT2D eigenvalue weighted by atomic mass is 16.7. The van der Waals surface area contributed by atoms with Crippen LogP contribution in [0.2, 0.25) is 0 Å². The Hall–Kier alpha value is -0.240. The summed E-state index contributed by atoms with van der Waals surface area (Å²) in [7, 11) is 0. The van der Waals surface area contributed by atoms with Gasteiger partial charge in [-0.25, -0.2) is 0 Å². The minimum atomic E-state index is -0.447. The Balaban J connectivity index is 3.62. The van der Waals surface area contributed by atoms with E-state index in [-0.39, 0.29) is 13.2 Å². The fraction of sp³-hybridized carbons (Fsp3) is 1.00. The molecule has 0 aromatic heterocycles. The van der Waals surface area contributed by atoms with E-state index in [4.69, 9.17) is 28.8 Å². The van der Waals surface area contributed by atoms with Crippen molar-refractivity contribution in [2.24, 2.45) is 0 Å². The third kappa shape index (κ3) is 12.2. The lowest BCUT2D eigenvalue weighted by atomic mass is 10.6. The Morgan fingerprint density at radius 3 is 1.78 bits per heavy atom. The zero-order valence-corrected chi connectivity index (χ0v) is 11.4. The van der Waals surface area contributed by atoms with Crippen molar-refractivity contribution in [2.75, 3.05) is 59.5 Å². The van der Waals surface area contributed by atoms with Gasteiger partial charge in [0, 0.05) is 13.2 Å². The molecule has 0 unspecified atom stereocenters. The SMILES string of the molecule is CCOCCOC(COCCO)OCCOCC. The summed E-state index contributed by atoms with van der Waals surface area (Å²) < 4.78 is 26.4. The third-order valence-electron chi connectivity index (χ3n) is 1.96. The van der Waals surface area contributed by atoms with Crippen molar-refractivity contribution in [3.8, 4) is 0 Å². The molecule has 0 heterocycles. The lowest BCUT2D eigenvalue weighted by Gasteiger charge is -2.18. The van der Waals surface area contributed by atoms with Crippen LogP contribution in [-0.4, -0.2) is 70.9 Å². The van der Waals surface area contributed by atoms with Gasteiger partial charge in [0.25, 0.3) is 0 Å². The van der Waals surface area contributed by atoms with Gasteiger partial charge in [-0.15, -0.1) is 0 Å². The van der Waals surface area contributed by atoms with Crippen molar-refractivity contribution in [1.29, 1.82) is 0 Å². The van der Waals surface area contributed by atoms with E-state index in [0.29, 0.717) is 46.2 Å². The van der Waals surface area contributed by atoms with Crippen LogP contribution in [0.5, 0.6) is 0 Å². The summed E-state index contributed by atoms with van der Waals surface area (Å²) in [6.45, 7) is 7.72. The van der Waals surface area contributed by atoms with Gasteiger partial charge in [-0.05, 0) is 13.8 Å². The molecule has 110 valence electrons. The molecule has 0 saturated carbocycles. The van der Waals surface area contributed by atoms with Crippen molar-refractivity contribution in [3.05, 3.63) is 0 Å². The number of aliphatic hydroxyl groups excluding tert-OH is 1. The maximum absolute atomic E-state index is 8.62. The van der Waals surface area contributed by atoms with Crippen molar-refractivity contribution < 1.29 is 28.8 Å². The van der Waals surface area contributed by atoms with Crippen LogP contribution in [0.1, 0.15) is 13.8 Å². The fourth-order valence-corrected chi connectivity index (χ4v) is 1.15. The van der Waals surface area contributed by atoms with E-state index < -0.39 is 6.29 Å². The van der Waals surface area contributed by atoms with Gasteiger partial charge in [0.1, 0.15) is 0 Å². The van der Waals surface area contributed by atoms with Crippen LogP contribution in [0.4, 0.5) is 0 Å². The largest absolute Gasteiger partial charge is 0.394 e. The average Bonchev–Trinajstić information content (AvgIpc) is 2.39. The van der Waals surface area contributed by atoms with E-state index in [0.717, 1.165) is 0 Å². The molecule has 6 heteroatoms. The number of rotatable bonds is 14. The van der Waals surface area contributed by atoms with E-state index in [9.17, 15) is 0 Å². The molecule has 0 aliphatic carbocycles. The first kappa shape index (κ1) is 17.8. The minimum absolute atomic E-state index is 0.00931.